The Morgan fingerprint density at radius 1 is 1.67 bits per heavy atom. The molecule has 0 aromatic heterocycles. The molecule has 1 aliphatic rings. The summed E-state index contributed by atoms with van der Waals surface area (Å²) in [5.41, 5.74) is 0. The molecular weight excluding hydrogens is 194 g/mol. The number of piperazine rings is 1. The first-order valence-electron chi connectivity index (χ1n) is 5.43. The fourth-order valence-corrected chi connectivity index (χ4v) is 1.71. The van der Waals surface area contributed by atoms with Crippen LogP contribution in [0.5, 0.6) is 0 Å². The minimum atomic E-state index is 0.0844. The Bertz CT molecular complexity index is 199. The van der Waals surface area contributed by atoms with Crippen molar-refractivity contribution in [1.82, 2.24) is 15.5 Å². The summed E-state index contributed by atoms with van der Waals surface area (Å²) >= 11 is 0. The van der Waals surface area contributed by atoms with E-state index in [2.05, 4.69) is 22.5 Å². The van der Waals surface area contributed by atoms with E-state index in [0.29, 0.717) is 25.7 Å². The first-order chi connectivity index (χ1) is 7.22. The third-order valence-corrected chi connectivity index (χ3v) is 2.45. The van der Waals surface area contributed by atoms with Crippen LogP contribution in [0.3, 0.4) is 0 Å². The highest BCUT2D eigenvalue weighted by Crippen LogP contribution is 1.97. The molecule has 1 heterocycles. The van der Waals surface area contributed by atoms with Gasteiger partial charge in [-0.2, -0.15) is 0 Å². The molecule has 0 bridgehead atoms. The van der Waals surface area contributed by atoms with Gasteiger partial charge in [0.15, 0.2) is 0 Å². The summed E-state index contributed by atoms with van der Waals surface area (Å²) in [4.78, 5) is 13.6. The Hall–Kier alpha value is -0.650. The van der Waals surface area contributed by atoms with Gasteiger partial charge in [0.05, 0.1) is 13.2 Å². The molecule has 0 aliphatic carbocycles. The number of ether oxygens (including phenoxy) is 1. The average Bonchev–Trinajstić information content (AvgIpc) is 2.18. The number of nitrogens with one attached hydrogen (secondary N) is 2. The van der Waals surface area contributed by atoms with Crippen LogP contribution in [0.4, 0.5) is 0 Å². The molecule has 0 aromatic carbocycles. The van der Waals surface area contributed by atoms with Gasteiger partial charge in [-0.1, -0.05) is 0 Å². The van der Waals surface area contributed by atoms with Crippen molar-refractivity contribution in [1.29, 1.82) is 0 Å². The maximum atomic E-state index is 11.5. The van der Waals surface area contributed by atoms with Crippen LogP contribution < -0.4 is 10.6 Å². The van der Waals surface area contributed by atoms with E-state index in [1.807, 2.05) is 0 Å². The lowest BCUT2D eigenvalue weighted by molar-refractivity contribution is -0.122. The molecule has 1 aliphatic heterocycles. The van der Waals surface area contributed by atoms with E-state index in [-0.39, 0.29) is 5.91 Å². The van der Waals surface area contributed by atoms with Gasteiger partial charge >= 0.3 is 0 Å². The molecule has 1 rings (SSSR count). The fourth-order valence-electron chi connectivity index (χ4n) is 1.71. The molecule has 1 fully saturated rings. The zero-order valence-corrected chi connectivity index (χ0v) is 9.58. The molecule has 0 saturated carbocycles. The lowest BCUT2D eigenvalue weighted by Gasteiger charge is -2.31. The van der Waals surface area contributed by atoms with Crippen LogP contribution in [-0.2, 0) is 9.53 Å². The molecule has 15 heavy (non-hydrogen) atoms. The number of nitrogens with zero attached hydrogens (tertiary/aromatic N) is 1. The van der Waals surface area contributed by atoms with Gasteiger partial charge < -0.3 is 15.4 Å². The molecule has 88 valence electrons. The molecule has 0 unspecified atom stereocenters. The van der Waals surface area contributed by atoms with Crippen LogP contribution in [0.2, 0.25) is 0 Å². The zero-order valence-electron chi connectivity index (χ0n) is 9.58. The van der Waals surface area contributed by atoms with Crippen LogP contribution in [0, 0.1) is 0 Å². The van der Waals surface area contributed by atoms with Gasteiger partial charge in [-0.25, -0.2) is 0 Å². The first kappa shape index (κ1) is 12.4. The van der Waals surface area contributed by atoms with Gasteiger partial charge in [0.2, 0.25) is 5.91 Å². The van der Waals surface area contributed by atoms with Crippen molar-refractivity contribution >= 4 is 5.91 Å². The second-order valence-corrected chi connectivity index (χ2v) is 3.93. The van der Waals surface area contributed by atoms with E-state index in [4.69, 9.17) is 4.74 Å². The summed E-state index contributed by atoms with van der Waals surface area (Å²) in [6.45, 7) is 6.65. The molecule has 2 N–H and O–H groups in total. The monoisotopic (exact) mass is 215 g/mol. The Balaban J connectivity index is 2.13. The van der Waals surface area contributed by atoms with E-state index in [0.717, 1.165) is 19.6 Å². The number of hydrogen-bond donors (Lipinski definition) is 2. The van der Waals surface area contributed by atoms with E-state index in [1.165, 1.54) is 0 Å². The molecule has 1 atom stereocenters. The first-order valence-corrected chi connectivity index (χ1v) is 5.43. The Morgan fingerprint density at radius 3 is 3.13 bits per heavy atom. The summed E-state index contributed by atoms with van der Waals surface area (Å²) in [5, 5.41) is 6.16. The zero-order chi connectivity index (χ0) is 11.1. The molecule has 5 heteroatoms. The van der Waals surface area contributed by atoms with Gasteiger partial charge in [-0.15, -0.1) is 0 Å². The summed E-state index contributed by atoms with van der Waals surface area (Å²) < 4.78 is 4.86. The molecule has 0 spiro atoms. The van der Waals surface area contributed by atoms with Crippen molar-refractivity contribution in [2.75, 3.05) is 46.4 Å². The Morgan fingerprint density at radius 2 is 2.47 bits per heavy atom. The number of rotatable bonds is 5. The largest absolute Gasteiger partial charge is 0.383 e. The van der Waals surface area contributed by atoms with Crippen molar-refractivity contribution < 1.29 is 9.53 Å². The third-order valence-electron chi connectivity index (χ3n) is 2.45. The third kappa shape index (κ3) is 5.11. The highest BCUT2D eigenvalue weighted by atomic mass is 16.5. The number of carbonyl (C=O) groups excluding carboxylic acids is 1. The van der Waals surface area contributed by atoms with Gasteiger partial charge in [0.25, 0.3) is 0 Å². The highest BCUT2D eigenvalue weighted by Gasteiger charge is 2.17. The minimum Gasteiger partial charge on any atom is -0.383 e. The average molecular weight is 215 g/mol. The van der Waals surface area contributed by atoms with Crippen LogP contribution in [-0.4, -0.2) is 63.3 Å². The van der Waals surface area contributed by atoms with Crippen LogP contribution in [0.15, 0.2) is 0 Å². The molecule has 0 radical (unpaired) electrons. The van der Waals surface area contributed by atoms with E-state index in [1.54, 1.807) is 7.11 Å². The second kappa shape index (κ2) is 6.76. The summed E-state index contributed by atoms with van der Waals surface area (Å²) in [6, 6.07) is 0.477. The molecular formula is C10H21N3O2. The predicted octanol–water partition coefficient (Wildman–Crippen LogP) is -0.957. The van der Waals surface area contributed by atoms with Crippen molar-refractivity contribution in [3.8, 4) is 0 Å². The standard InChI is InChI=1S/C10H21N3O2/c1-9-7-13(5-3-11-9)8-10(14)12-4-6-15-2/h9,11H,3-8H2,1-2H3,(H,12,14)/t9-/m0/s1. The lowest BCUT2D eigenvalue weighted by atomic mass is 10.2. The van der Waals surface area contributed by atoms with Gasteiger partial charge in [-0.3, -0.25) is 9.69 Å². The van der Waals surface area contributed by atoms with Crippen LogP contribution >= 0.6 is 0 Å². The molecule has 1 amide bonds. The summed E-state index contributed by atoms with van der Waals surface area (Å²) in [6.07, 6.45) is 0. The summed E-state index contributed by atoms with van der Waals surface area (Å²) in [5.74, 6) is 0.0844. The lowest BCUT2D eigenvalue weighted by Crippen LogP contribution is -2.52. The maximum absolute atomic E-state index is 11.5. The van der Waals surface area contributed by atoms with Crippen molar-refractivity contribution in [3.05, 3.63) is 0 Å². The van der Waals surface area contributed by atoms with E-state index < -0.39 is 0 Å². The molecule has 0 aromatic rings. The van der Waals surface area contributed by atoms with Crippen molar-refractivity contribution in [2.24, 2.45) is 0 Å². The number of carbonyl (C=O) groups is 1. The van der Waals surface area contributed by atoms with Gasteiger partial charge in [0.1, 0.15) is 0 Å². The highest BCUT2D eigenvalue weighted by molar-refractivity contribution is 5.78. The SMILES string of the molecule is COCCNC(=O)CN1CCN[C@@H](C)C1. The second-order valence-electron chi connectivity index (χ2n) is 3.93. The topological polar surface area (TPSA) is 53.6 Å². The van der Waals surface area contributed by atoms with Crippen LogP contribution in [0.25, 0.3) is 0 Å². The van der Waals surface area contributed by atoms with Crippen molar-refractivity contribution in [2.45, 2.75) is 13.0 Å². The molecule has 1 saturated heterocycles. The summed E-state index contributed by atoms with van der Waals surface area (Å²) in [7, 11) is 1.63. The van der Waals surface area contributed by atoms with Crippen LogP contribution in [0.1, 0.15) is 6.92 Å². The Kier molecular flexibility index (Phi) is 5.60. The fraction of sp³-hybridized carbons (Fsp3) is 0.900. The van der Waals surface area contributed by atoms with Gasteiger partial charge in [0, 0.05) is 39.3 Å². The van der Waals surface area contributed by atoms with E-state index in [9.17, 15) is 4.79 Å². The number of amides is 1. The van der Waals surface area contributed by atoms with Gasteiger partial charge in [-0.05, 0) is 6.92 Å². The predicted molar refractivity (Wildman–Crippen MR) is 58.8 cm³/mol. The van der Waals surface area contributed by atoms with Crippen molar-refractivity contribution in [3.63, 3.8) is 0 Å². The number of methoxy groups -OCH3 is 1. The maximum Gasteiger partial charge on any atom is 0.234 e. The molecule has 5 nitrogen and oxygen atoms in total. The normalized spacial score (nSPS) is 22.7. The van der Waals surface area contributed by atoms with E-state index >= 15 is 0 Å². The minimum absolute atomic E-state index is 0.0844. The smallest absolute Gasteiger partial charge is 0.234 e. The quantitative estimate of drug-likeness (QED) is 0.580. The number of hydrogen-bond acceptors (Lipinski definition) is 4. The Labute approximate surface area is 91.2 Å².